The molecule has 3 heteroatoms. The van der Waals surface area contributed by atoms with Crippen molar-refractivity contribution in [3.8, 4) is 0 Å². The molecule has 0 spiro atoms. The molecule has 1 saturated heterocycles. The number of nitrogens with one attached hydrogen (secondary N) is 1. The molecule has 1 unspecified atom stereocenters. The fourth-order valence-corrected chi connectivity index (χ4v) is 2.72. The quantitative estimate of drug-likeness (QED) is 0.798. The van der Waals surface area contributed by atoms with Crippen LogP contribution in [0.5, 0.6) is 0 Å². The van der Waals surface area contributed by atoms with E-state index in [1.807, 2.05) is 0 Å². The molecule has 0 radical (unpaired) electrons. The van der Waals surface area contributed by atoms with E-state index in [2.05, 4.69) is 47.5 Å². The highest BCUT2D eigenvalue weighted by Crippen LogP contribution is 2.11. The topological polar surface area (TPSA) is 35.5 Å². The van der Waals surface area contributed by atoms with Crippen LogP contribution in [0.1, 0.15) is 25.3 Å². The lowest BCUT2D eigenvalue weighted by molar-refractivity contribution is 0.186. The Kier molecular flexibility index (Phi) is 6.51. The molecule has 0 bridgehead atoms. The van der Waals surface area contributed by atoms with Gasteiger partial charge in [-0.3, -0.25) is 0 Å². The third kappa shape index (κ3) is 5.23. The standard InChI is InChI=1S/C17H28N2O/c1-15(14-20)13-18-17-8-11-19(12-9-17)10-7-16-5-3-2-4-6-16/h2-6,15,17-18,20H,7-14H2,1H3. The molecule has 0 aliphatic carbocycles. The highest BCUT2D eigenvalue weighted by atomic mass is 16.3. The van der Waals surface area contributed by atoms with Gasteiger partial charge in [0.25, 0.3) is 0 Å². The van der Waals surface area contributed by atoms with Crippen molar-refractivity contribution >= 4 is 0 Å². The van der Waals surface area contributed by atoms with Crippen molar-refractivity contribution in [2.45, 2.75) is 32.2 Å². The second-order valence-corrected chi connectivity index (χ2v) is 6.05. The molecule has 1 atom stereocenters. The van der Waals surface area contributed by atoms with Crippen LogP contribution in [0.2, 0.25) is 0 Å². The van der Waals surface area contributed by atoms with E-state index in [4.69, 9.17) is 5.11 Å². The van der Waals surface area contributed by atoms with Gasteiger partial charge in [-0.2, -0.15) is 0 Å². The van der Waals surface area contributed by atoms with Crippen molar-refractivity contribution in [1.29, 1.82) is 0 Å². The van der Waals surface area contributed by atoms with Gasteiger partial charge >= 0.3 is 0 Å². The molecular formula is C17H28N2O. The highest BCUT2D eigenvalue weighted by molar-refractivity contribution is 5.14. The monoisotopic (exact) mass is 276 g/mol. The Labute approximate surface area is 123 Å². The number of hydrogen-bond acceptors (Lipinski definition) is 3. The van der Waals surface area contributed by atoms with Crippen LogP contribution < -0.4 is 5.32 Å². The number of hydrogen-bond donors (Lipinski definition) is 2. The number of aliphatic hydroxyl groups is 1. The Morgan fingerprint density at radius 1 is 1.25 bits per heavy atom. The first-order valence-corrected chi connectivity index (χ1v) is 7.88. The van der Waals surface area contributed by atoms with Gasteiger partial charge in [-0.15, -0.1) is 0 Å². The van der Waals surface area contributed by atoms with Gasteiger partial charge in [0.2, 0.25) is 0 Å². The number of rotatable bonds is 7. The van der Waals surface area contributed by atoms with Gasteiger partial charge in [0.1, 0.15) is 0 Å². The third-order valence-electron chi connectivity index (χ3n) is 4.21. The summed E-state index contributed by atoms with van der Waals surface area (Å²) in [6, 6.07) is 11.4. The first kappa shape index (κ1) is 15.5. The molecule has 1 aromatic rings. The minimum atomic E-state index is 0.281. The molecule has 1 fully saturated rings. The first-order chi connectivity index (χ1) is 9.78. The molecule has 0 aromatic heterocycles. The van der Waals surface area contributed by atoms with Crippen LogP contribution in [0.25, 0.3) is 0 Å². The van der Waals surface area contributed by atoms with Crippen molar-refractivity contribution in [2.75, 3.05) is 32.8 Å². The Morgan fingerprint density at radius 3 is 2.60 bits per heavy atom. The lowest BCUT2D eigenvalue weighted by Crippen LogP contribution is -2.44. The Bertz CT molecular complexity index is 361. The van der Waals surface area contributed by atoms with E-state index in [1.165, 1.54) is 38.0 Å². The van der Waals surface area contributed by atoms with E-state index in [0.717, 1.165) is 13.0 Å². The van der Waals surface area contributed by atoms with Crippen LogP contribution in [0.3, 0.4) is 0 Å². The average Bonchev–Trinajstić information content (AvgIpc) is 2.52. The lowest BCUT2D eigenvalue weighted by atomic mass is 10.0. The summed E-state index contributed by atoms with van der Waals surface area (Å²) in [5, 5.41) is 12.6. The summed E-state index contributed by atoms with van der Waals surface area (Å²) in [7, 11) is 0. The summed E-state index contributed by atoms with van der Waals surface area (Å²) in [5.41, 5.74) is 1.43. The van der Waals surface area contributed by atoms with Crippen molar-refractivity contribution in [1.82, 2.24) is 10.2 Å². The zero-order valence-corrected chi connectivity index (χ0v) is 12.6. The molecule has 1 heterocycles. The molecule has 20 heavy (non-hydrogen) atoms. The summed E-state index contributed by atoms with van der Waals surface area (Å²) in [4.78, 5) is 2.57. The Balaban J connectivity index is 1.62. The van der Waals surface area contributed by atoms with E-state index < -0.39 is 0 Å². The molecular weight excluding hydrogens is 248 g/mol. The summed E-state index contributed by atoms with van der Waals surface area (Å²) in [5.74, 6) is 0.367. The lowest BCUT2D eigenvalue weighted by Gasteiger charge is -2.33. The largest absolute Gasteiger partial charge is 0.396 e. The van der Waals surface area contributed by atoms with Crippen LogP contribution >= 0.6 is 0 Å². The minimum Gasteiger partial charge on any atom is -0.396 e. The molecule has 112 valence electrons. The van der Waals surface area contributed by atoms with Crippen LogP contribution in [0.15, 0.2) is 30.3 Å². The van der Waals surface area contributed by atoms with Crippen molar-refractivity contribution in [2.24, 2.45) is 5.92 Å². The maximum atomic E-state index is 9.04. The van der Waals surface area contributed by atoms with Crippen LogP contribution in [0.4, 0.5) is 0 Å². The third-order valence-corrected chi connectivity index (χ3v) is 4.21. The molecule has 1 aromatic carbocycles. The van der Waals surface area contributed by atoms with Gasteiger partial charge in [0.15, 0.2) is 0 Å². The smallest absolute Gasteiger partial charge is 0.0468 e. The van der Waals surface area contributed by atoms with Crippen molar-refractivity contribution < 1.29 is 5.11 Å². The van der Waals surface area contributed by atoms with E-state index >= 15 is 0 Å². The number of aliphatic hydroxyl groups excluding tert-OH is 1. The molecule has 2 rings (SSSR count). The van der Waals surface area contributed by atoms with E-state index in [-0.39, 0.29) is 6.61 Å². The highest BCUT2D eigenvalue weighted by Gasteiger charge is 2.18. The van der Waals surface area contributed by atoms with E-state index in [9.17, 15) is 0 Å². The summed E-state index contributed by atoms with van der Waals surface area (Å²) >= 11 is 0. The van der Waals surface area contributed by atoms with E-state index in [0.29, 0.717) is 12.0 Å². The predicted octanol–water partition coefficient (Wildman–Crippen LogP) is 1.91. The molecule has 1 aliphatic rings. The fourth-order valence-electron chi connectivity index (χ4n) is 2.72. The SMILES string of the molecule is CC(CO)CNC1CCN(CCc2ccccc2)CC1. The molecule has 1 aliphatic heterocycles. The molecule has 0 amide bonds. The second-order valence-electron chi connectivity index (χ2n) is 6.05. The first-order valence-electron chi connectivity index (χ1n) is 7.88. The Morgan fingerprint density at radius 2 is 1.95 bits per heavy atom. The van der Waals surface area contributed by atoms with Crippen LogP contribution in [-0.2, 0) is 6.42 Å². The summed E-state index contributed by atoms with van der Waals surface area (Å²) in [6.07, 6.45) is 3.61. The van der Waals surface area contributed by atoms with E-state index in [1.54, 1.807) is 0 Å². The van der Waals surface area contributed by atoms with Crippen LogP contribution in [0, 0.1) is 5.92 Å². The van der Waals surface area contributed by atoms with Gasteiger partial charge in [0, 0.05) is 25.7 Å². The number of piperidine rings is 1. The zero-order valence-electron chi connectivity index (χ0n) is 12.6. The van der Waals surface area contributed by atoms with Crippen LogP contribution in [-0.4, -0.2) is 48.8 Å². The van der Waals surface area contributed by atoms with Crippen molar-refractivity contribution in [3.05, 3.63) is 35.9 Å². The van der Waals surface area contributed by atoms with Gasteiger partial charge in [-0.1, -0.05) is 37.3 Å². The molecule has 2 N–H and O–H groups in total. The molecule has 0 saturated carbocycles. The summed E-state index contributed by atoms with van der Waals surface area (Å²) in [6.45, 7) is 6.86. The number of benzene rings is 1. The predicted molar refractivity (Wildman–Crippen MR) is 83.9 cm³/mol. The second kappa shape index (κ2) is 8.40. The van der Waals surface area contributed by atoms with Gasteiger partial charge < -0.3 is 15.3 Å². The minimum absolute atomic E-state index is 0.281. The maximum absolute atomic E-state index is 9.04. The maximum Gasteiger partial charge on any atom is 0.0468 e. The molecule has 3 nitrogen and oxygen atoms in total. The number of likely N-dealkylation sites (tertiary alicyclic amines) is 1. The normalized spacial score (nSPS) is 19.1. The van der Waals surface area contributed by atoms with Gasteiger partial charge in [-0.05, 0) is 43.8 Å². The Hall–Kier alpha value is -0.900. The zero-order chi connectivity index (χ0) is 14.2. The van der Waals surface area contributed by atoms with Gasteiger partial charge in [-0.25, -0.2) is 0 Å². The number of nitrogens with zero attached hydrogens (tertiary/aromatic N) is 1. The van der Waals surface area contributed by atoms with Gasteiger partial charge in [0.05, 0.1) is 0 Å². The van der Waals surface area contributed by atoms with Crippen molar-refractivity contribution in [3.63, 3.8) is 0 Å². The average molecular weight is 276 g/mol. The fraction of sp³-hybridized carbons (Fsp3) is 0.647. The summed E-state index contributed by atoms with van der Waals surface area (Å²) < 4.78 is 0.